The van der Waals surface area contributed by atoms with Gasteiger partial charge in [0.1, 0.15) is 5.75 Å². The average Bonchev–Trinajstić information content (AvgIpc) is 2.28. The molecular formula is C15H22BrClO3S. The van der Waals surface area contributed by atoms with Crippen LogP contribution in [0.1, 0.15) is 31.9 Å². The molecule has 0 radical (unpaired) electrons. The molecule has 1 atom stereocenters. The SMILES string of the molecule is Cc1cc(OCC(CS(=O)(=O)Cl)C(C)(C)C)cc(C)c1Br. The van der Waals surface area contributed by atoms with Crippen LogP contribution in [0.2, 0.25) is 0 Å². The molecule has 3 nitrogen and oxygen atoms in total. The topological polar surface area (TPSA) is 43.4 Å². The third-order valence-corrected chi connectivity index (χ3v) is 5.92. The molecule has 0 aliphatic carbocycles. The van der Waals surface area contributed by atoms with Gasteiger partial charge in [-0.25, -0.2) is 8.42 Å². The Labute approximate surface area is 140 Å². The minimum Gasteiger partial charge on any atom is -0.493 e. The minimum absolute atomic E-state index is 0.0907. The van der Waals surface area contributed by atoms with E-state index in [2.05, 4.69) is 15.9 Å². The normalized spacial score (nSPS) is 14.0. The lowest BCUT2D eigenvalue weighted by Gasteiger charge is -2.29. The zero-order valence-electron chi connectivity index (χ0n) is 13.0. The van der Waals surface area contributed by atoms with Crippen molar-refractivity contribution in [3.8, 4) is 5.75 Å². The Hall–Kier alpha value is -0.260. The van der Waals surface area contributed by atoms with Gasteiger partial charge in [-0.3, -0.25) is 0 Å². The lowest BCUT2D eigenvalue weighted by Crippen LogP contribution is -2.31. The van der Waals surface area contributed by atoms with Gasteiger partial charge in [0.25, 0.3) is 0 Å². The number of benzene rings is 1. The molecule has 0 amide bonds. The van der Waals surface area contributed by atoms with E-state index >= 15 is 0 Å². The molecule has 0 fully saturated rings. The second kappa shape index (κ2) is 6.88. The van der Waals surface area contributed by atoms with Crippen LogP contribution in [0, 0.1) is 25.2 Å². The van der Waals surface area contributed by atoms with Crippen LogP contribution in [0.4, 0.5) is 0 Å². The van der Waals surface area contributed by atoms with Crippen LogP contribution >= 0.6 is 26.6 Å². The van der Waals surface area contributed by atoms with Crippen molar-refractivity contribution < 1.29 is 13.2 Å². The molecule has 120 valence electrons. The van der Waals surface area contributed by atoms with Crippen molar-refractivity contribution in [3.63, 3.8) is 0 Å². The molecule has 6 heteroatoms. The van der Waals surface area contributed by atoms with Crippen molar-refractivity contribution in [1.29, 1.82) is 0 Å². The molecule has 0 N–H and O–H groups in total. The van der Waals surface area contributed by atoms with Gasteiger partial charge in [0.05, 0.1) is 12.4 Å². The summed E-state index contributed by atoms with van der Waals surface area (Å²) < 4.78 is 29.6. The summed E-state index contributed by atoms with van der Waals surface area (Å²) in [5, 5.41) is 0. The summed E-state index contributed by atoms with van der Waals surface area (Å²) in [5.41, 5.74) is 1.96. The van der Waals surface area contributed by atoms with Gasteiger partial charge < -0.3 is 4.74 Å². The first kappa shape index (κ1) is 18.8. The molecule has 0 spiro atoms. The van der Waals surface area contributed by atoms with E-state index in [0.717, 1.165) is 21.3 Å². The van der Waals surface area contributed by atoms with Crippen molar-refractivity contribution >= 4 is 35.7 Å². The highest BCUT2D eigenvalue weighted by Gasteiger charge is 2.29. The quantitative estimate of drug-likeness (QED) is 0.678. The Morgan fingerprint density at radius 2 is 1.71 bits per heavy atom. The fraction of sp³-hybridized carbons (Fsp3) is 0.600. The molecule has 0 saturated heterocycles. The van der Waals surface area contributed by atoms with E-state index in [1.165, 1.54) is 0 Å². The Bertz CT molecular complexity index is 583. The van der Waals surface area contributed by atoms with Crippen molar-refractivity contribution in [3.05, 3.63) is 27.7 Å². The van der Waals surface area contributed by atoms with Crippen LogP contribution in [-0.4, -0.2) is 20.8 Å². The predicted molar refractivity (Wildman–Crippen MR) is 91.7 cm³/mol. The number of halogens is 2. The molecule has 21 heavy (non-hydrogen) atoms. The summed E-state index contributed by atoms with van der Waals surface area (Å²) in [6.07, 6.45) is 0. The number of hydrogen-bond donors (Lipinski definition) is 0. The Morgan fingerprint density at radius 3 is 2.10 bits per heavy atom. The number of rotatable bonds is 5. The minimum atomic E-state index is -3.55. The zero-order chi connectivity index (χ0) is 16.4. The van der Waals surface area contributed by atoms with E-state index in [9.17, 15) is 8.42 Å². The predicted octanol–water partition coefficient (Wildman–Crippen LogP) is 4.68. The Balaban J connectivity index is 2.87. The number of hydrogen-bond acceptors (Lipinski definition) is 3. The smallest absolute Gasteiger partial charge is 0.233 e. The maximum atomic E-state index is 11.4. The highest BCUT2D eigenvalue weighted by atomic mass is 79.9. The van der Waals surface area contributed by atoms with Crippen LogP contribution in [-0.2, 0) is 9.05 Å². The van der Waals surface area contributed by atoms with Gasteiger partial charge in [-0.1, -0.05) is 36.7 Å². The molecule has 0 aromatic heterocycles. The van der Waals surface area contributed by atoms with E-state index in [-0.39, 0.29) is 17.1 Å². The summed E-state index contributed by atoms with van der Waals surface area (Å²) in [5.74, 6) is 0.477. The number of aryl methyl sites for hydroxylation is 2. The average molecular weight is 398 g/mol. The van der Waals surface area contributed by atoms with Crippen LogP contribution in [0.5, 0.6) is 5.75 Å². The summed E-state index contributed by atoms with van der Waals surface area (Å²) in [4.78, 5) is 0. The second-order valence-electron chi connectivity index (χ2n) is 6.45. The third kappa shape index (κ3) is 6.17. The van der Waals surface area contributed by atoms with Crippen LogP contribution < -0.4 is 4.74 Å². The molecular weight excluding hydrogens is 376 g/mol. The summed E-state index contributed by atoms with van der Waals surface area (Å²) in [7, 11) is 1.85. The van der Waals surface area contributed by atoms with E-state index in [1.807, 2.05) is 46.8 Å². The van der Waals surface area contributed by atoms with Gasteiger partial charge in [0.2, 0.25) is 9.05 Å². The monoisotopic (exact) mass is 396 g/mol. The van der Waals surface area contributed by atoms with Gasteiger partial charge in [0.15, 0.2) is 0 Å². The maximum absolute atomic E-state index is 11.4. The molecule has 0 saturated carbocycles. The third-order valence-electron chi connectivity index (χ3n) is 3.49. The van der Waals surface area contributed by atoms with Gasteiger partial charge in [0, 0.05) is 21.1 Å². The van der Waals surface area contributed by atoms with Gasteiger partial charge >= 0.3 is 0 Å². The largest absolute Gasteiger partial charge is 0.493 e. The zero-order valence-corrected chi connectivity index (χ0v) is 16.2. The molecule has 0 heterocycles. The molecule has 1 unspecified atom stereocenters. The van der Waals surface area contributed by atoms with Crippen LogP contribution in [0.3, 0.4) is 0 Å². The molecule has 0 aliphatic heterocycles. The van der Waals surface area contributed by atoms with Crippen molar-refractivity contribution in [2.75, 3.05) is 12.4 Å². The van der Waals surface area contributed by atoms with Gasteiger partial charge in [-0.05, 0) is 42.5 Å². The first-order valence-electron chi connectivity index (χ1n) is 6.72. The fourth-order valence-corrected chi connectivity index (χ4v) is 3.74. The highest BCUT2D eigenvalue weighted by Crippen LogP contribution is 2.31. The van der Waals surface area contributed by atoms with E-state index in [0.29, 0.717) is 6.61 Å². The van der Waals surface area contributed by atoms with E-state index in [1.54, 1.807) is 0 Å². The summed E-state index contributed by atoms with van der Waals surface area (Å²) in [6.45, 7) is 10.3. The van der Waals surface area contributed by atoms with E-state index < -0.39 is 9.05 Å². The van der Waals surface area contributed by atoms with Crippen molar-refractivity contribution in [2.45, 2.75) is 34.6 Å². The molecule has 1 aromatic rings. The lowest BCUT2D eigenvalue weighted by atomic mass is 9.82. The molecule has 1 aromatic carbocycles. The first-order valence-corrected chi connectivity index (χ1v) is 9.99. The van der Waals surface area contributed by atoms with Gasteiger partial charge in [-0.2, -0.15) is 0 Å². The number of ether oxygens (including phenoxy) is 1. The fourth-order valence-electron chi connectivity index (χ4n) is 1.97. The summed E-state index contributed by atoms with van der Waals surface area (Å²) >= 11 is 3.51. The van der Waals surface area contributed by atoms with E-state index in [4.69, 9.17) is 15.4 Å². The van der Waals surface area contributed by atoms with Crippen molar-refractivity contribution in [2.24, 2.45) is 11.3 Å². The highest BCUT2D eigenvalue weighted by molar-refractivity contribution is 9.10. The first-order chi connectivity index (χ1) is 9.40. The Kier molecular flexibility index (Phi) is 6.16. The standard InChI is InChI=1S/C15H22BrClO3S/c1-10-6-13(7-11(2)14(10)16)20-8-12(15(3,4)5)9-21(17,18)19/h6-7,12H,8-9H2,1-5H3. The van der Waals surface area contributed by atoms with Gasteiger partial charge in [-0.15, -0.1) is 0 Å². The molecule has 0 bridgehead atoms. The Morgan fingerprint density at radius 1 is 1.24 bits per heavy atom. The molecule has 0 aliphatic rings. The van der Waals surface area contributed by atoms with Crippen LogP contribution in [0.15, 0.2) is 16.6 Å². The lowest BCUT2D eigenvalue weighted by molar-refractivity contribution is 0.163. The maximum Gasteiger partial charge on any atom is 0.233 e. The van der Waals surface area contributed by atoms with Crippen LogP contribution in [0.25, 0.3) is 0 Å². The molecule has 1 rings (SSSR count). The van der Waals surface area contributed by atoms with Crippen molar-refractivity contribution in [1.82, 2.24) is 0 Å². The second-order valence-corrected chi connectivity index (χ2v) is 10.1. The summed E-state index contributed by atoms with van der Waals surface area (Å²) in [6, 6.07) is 3.87.